The highest BCUT2D eigenvalue weighted by Crippen LogP contribution is 2.20. The zero-order valence-electron chi connectivity index (χ0n) is 15.4. The summed E-state index contributed by atoms with van der Waals surface area (Å²) in [5.74, 6) is 1.52. The highest BCUT2D eigenvalue weighted by Gasteiger charge is 2.06. The number of aryl methyl sites for hydroxylation is 2. The second-order valence-electron chi connectivity index (χ2n) is 6.94. The van der Waals surface area contributed by atoms with E-state index in [-0.39, 0.29) is 0 Å². The number of hydrogen-bond donors (Lipinski definition) is 2. The predicted molar refractivity (Wildman–Crippen MR) is 113 cm³/mol. The van der Waals surface area contributed by atoms with Crippen molar-refractivity contribution in [3.63, 3.8) is 0 Å². The van der Waals surface area contributed by atoms with E-state index < -0.39 is 0 Å². The summed E-state index contributed by atoms with van der Waals surface area (Å²) in [6, 6.07) is 21.0. The maximum atomic E-state index is 5.83. The number of H-pyrrole nitrogens is 2. The lowest BCUT2D eigenvalue weighted by Crippen LogP contribution is -1.96. The Kier molecular flexibility index (Phi) is 4.84. The number of allylic oxidation sites excluding steroid dienone is 2. The van der Waals surface area contributed by atoms with Gasteiger partial charge in [0.05, 0.1) is 11.5 Å². The lowest BCUT2D eigenvalue weighted by Gasteiger charge is -2.10. The van der Waals surface area contributed by atoms with E-state index in [1.54, 1.807) is 0 Å². The molecule has 0 aliphatic rings. The predicted octanol–water partition coefficient (Wildman–Crippen LogP) is 6.26. The Labute approximate surface area is 159 Å². The zero-order chi connectivity index (χ0) is 18.6. The summed E-state index contributed by atoms with van der Waals surface area (Å²) in [6.45, 7) is 8.10. The van der Waals surface area contributed by atoms with Crippen LogP contribution in [0, 0.1) is 0 Å². The number of rotatable bonds is 8. The number of ether oxygens (including phenoxy) is 1. The molecule has 0 bridgehead atoms. The SMILES string of the molecule is C=C(CCc1cc2ccccc2[nH]1)OC(=C)CCc1cc2ccccc2[nH]1. The van der Waals surface area contributed by atoms with Gasteiger partial charge in [-0.2, -0.15) is 0 Å². The molecule has 27 heavy (non-hydrogen) atoms. The van der Waals surface area contributed by atoms with Crippen LogP contribution < -0.4 is 0 Å². The van der Waals surface area contributed by atoms with Crippen molar-refractivity contribution in [2.75, 3.05) is 0 Å². The van der Waals surface area contributed by atoms with Crippen molar-refractivity contribution in [1.82, 2.24) is 9.97 Å². The van der Waals surface area contributed by atoms with Crippen LogP contribution in [0.2, 0.25) is 0 Å². The zero-order valence-corrected chi connectivity index (χ0v) is 15.4. The van der Waals surface area contributed by atoms with Gasteiger partial charge in [-0.25, -0.2) is 0 Å². The Hall–Kier alpha value is -3.20. The number of hydrogen-bond acceptors (Lipinski definition) is 1. The molecule has 136 valence electrons. The van der Waals surface area contributed by atoms with Crippen LogP contribution in [0.4, 0.5) is 0 Å². The van der Waals surface area contributed by atoms with Crippen LogP contribution >= 0.6 is 0 Å². The second kappa shape index (κ2) is 7.58. The Morgan fingerprint density at radius 3 is 1.59 bits per heavy atom. The lowest BCUT2D eigenvalue weighted by molar-refractivity contribution is 0.280. The van der Waals surface area contributed by atoms with Crippen LogP contribution in [-0.2, 0) is 17.6 Å². The van der Waals surface area contributed by atoms with Crippen molar-refractivity contribution < 1.29 is 4.74 Å². The van der Waals surface area contributed by atoms with Crippen LogP contribution in [-0.4, -0.2) is 9.97 Å². The van der Waals surface area contributed by atoms with Gasteiger partial charge < -0.3 is 14.7 Å². The Morgan fingerprint density at radius 2 is 1.15 bits per heavy atom. The van der Waals surface area contributed by atoms with Gasteiger partial charge in [-0.05, 0) is 47.9 Å². The minimum atomic E-state index is 0.760. The minimum absolute atomic E-state index is 0.760. The Balaban J connectivity index is 1.25. The van der Waals surface area contributed by atoms with Crippen molar-refractivity contribution in [1.29, 1.82) is 0 Å². The molecule has 4 aromatic rings. The van der Waals surface area contributed by atoms with Crippen LogP contribution in [0.3, 0.4) is 0 Å². The summed E-state index contributed by atoms with van der Waals surface area (Å²) >= 11 is 0. The first-order valence-electron chi connectivity index (χ1n) is 9.34. The fraction of sp³-hybridized carbons (Fsp3) is 0.167. The number of fused-ring (bicyclic) bond motifs is 2. The second-order valence-corrected chi connectivity index (χ2v) is 6.94. The van der Waals surface area contributed by atoms with E-state index in [0.29, 0.717) is 0 Å². The van der Waals surface area contributed by atoms with Crippen molar-refractivity contribution in [2.24, 2.45) is 0 Å². The highest BCUT2D eigenvalue weighted by atomic mass is 16.5. The summed E-state index contributed by atoms with van der Waals surface area (Å²) in [5.41, 5.74) is 4.73. The fourth-order valence-corrected chi connectivity index (χ4v) is 3.39. The highest BCUT2D eigenvalue weighted by molar-refractivity contribution is 5.80. The van der Waals surface area contributed by atoms with Gasteiger partial charge in [-0.1, -0.05) is 49.6 Å². The first-order valence-corrected chi connectivity index (χ1v) is 9.34. The third kappa shape index (κ3) is 4.14. The smallest absolute Gasteiger partial charge is 0.0968 e. The molecule has 0 amide bonds. The monoisotopic (exact) mass is 356 g/mol. The van der Waals surface area contributed by atoms with E-state index in [2.05, 4.69) is 71.7 Å². The molecule has 3 heteroatoms. The molecular formula is C24H24N2O. The molecule has 0 unspecified atom stereocenters. The maximum Gasteiger partial charge on any atom is 0.0968 e. The molecule has 0 saturated heterocycles. The van der Waals surface area contributed by atoms with Crippen LogP contribution in [0.25, 0.3) is 21.8 Å². The number of benzene rings is 2. The molecule has 2 heterocycles. The molecule has 0 fully saturated rings. The molecule has 0 atom stereocenters. The van der Waals surface area contributed by atoms with E-state index in [0.717, 1.165) is 37.2 Å². The molecule has 0 spiro atoms. The van der Waals surface area contributed by atoms with Crippen LogP contribution in [0.5, 0.6) is 0 Å². The van der Waals surface area contributed by atoms with E-state index in [1.165, 1.54) is 33.2 Å². The molecule has 2 aromatic carbocycles. The summed E-state index contributed by atoms with van der Waals surface area (Å²) in [7, 11) is 0. The van der Waals surface area contributed by atoms with Crippen molar-refractivity contribution >= 4 is 21.8 Å². The minimum Gasteiger partial charge on any atom is -0.467 e. The first-order chi connectivity index (χ1) is 13.2. The molecule has 0 saturated carbocycles. The van der Waals surface area contributed by atoms with Gasteiger partial charge in [0.25, 0.3) is 0 Å². The summed E-state index contributed by atoms with van der Waals surface area (Å²) in [6.07, 6.45) is 3.31. The summed E-state index contributed by atoms with van der Waals surface area (Å²) < 4.78 is 5.83. The largest absolute Gasteiger partial charge is 0.467 e. The van der Waals surface area contributed by atoms with Gasteiger partial charge in [0.2, 0.25) is 0 Å². The van der Waals surface area contributed by atoms with E-state index in [9.17, 15) is 0 Å². The first kappa shape index (κ1) is 17.2. The van der Waals surface area contributed by atoms with Crippen molar-refractivity contribution in [3.05, 3.63) is 96.7 Å². The normalized spacial score (nSPS) is 11.1. The molecule has 0 aliphatic carbocycles. The van der Waals surface area contributed by atoms with E-state index >= 15 is 0 Å². The van der Waals surface area contributed by atoms with Gasteiger partial charge in [0, 0.05) is 35.3 Å². The van der Waals surface area contributed by atoms with E-state index in [1.807, 2.05) is 12.1 Å². The van der Waals surface area contributed by atoms with E-state index in [4.69, 9.17) is 4.74 Å². The van der Waals surface area contributed by atoms with Crippen molar-refractivity contribution in [3.8, 4) is 0 Å². The molecule has 2 N–H and O–H groups in total. The topological polar surface area (TPSA) is 40.8 Å². The quantitative estimate of drug-likeness (QED) is 0.359. The van der Waals surface area contributed by atoms with Crippen molar-refractivity contribution in [2.45, 2.75) is 25.7 Å². The Bertz CT molecular complexity index is 946. The van der Waals surface area contributed by atoms with Gasteiger partial charge in [0.1, 0.15) is 0 Å². The number of nitrogens with one attached hydrogen (secondary N) is 2. The summed E-state index contributed by atoms with van der Waals surface area (Å²) in [5, 5.41) is 2.48. The van der Waals surface area contributed by atoms with Gasteiger partial charge in [0.15, 0.2) is 0 Å². The maximum absolute atomic E-state index is 5.83. The number of aromatic nitrogens is 2. The van der Waals surface area contributed by atoms with Crippen LogP contribution in [0.1, 0.15) is 24.2 Å². The van der Waals surface area contributed by atoms with Gasteiger partial charge in [-0.15, -0.1) is 0 Å². The molecule has 4 rings (SSSR count). The van der Waals surface area contributed by atoms with Crippen LogP contribution in [0.15, 0.2) is 85.3 Å². The average molecular weight is 356 g/mol. The lowest BCUT2D eigenvalue weighted by atomic mass is 10.2. The summed E-state index contributed by atoms with van der Waals surface area (Å²) in [4.78, 5) is 6.88. The average Bonchev–Trinajstić information content (AvgIpc) is 3.27. The molecular weight excluding hydrogens is 332 g/mol. The van der Waals surface area contributed by atoms with Gasteiger partial charge in [-0.3, -0.25) is 0 Å². The fourth-order valence-electron chi connectivity index (χ4n) is 3.39. The third-order valence-corrected chi connectivity index (χ3v) is 4.81. The van der Waals surface area contributed by atoms with Gasteiger partial charge >= 0.3 is 0 Å². The Morgan fingerprint density at radius 1 is 0.704 bits per heavy atom. The molecule has 0 radical (unpaired) electrons. The third-order valence-electron chi connectivity index (χ3n) is 4.81. The number of para-hydroxylation sites is 2. The molecule has 0 aliphatic heterocycles. The molecule has 2 aromatic heterocycles. The molecule has 3 nitrogen and oxygen atoms in total. The number of aromatic amines is 2. The standard InChI is InChI=1S/C24H24N2O/c1-17(11-13-21-15-19-7-3-5-9-23(19)25-21)27-18(2)12-14-22-16-20-8-4-6-10-24(20)26-22/h3-10,15-16,25-26H,1-2,11-14H2.